The van der Waals surface area contributed by atoms with Crippen LogP contribution >= 0.6 is 11.3 Å². The zero-order valence-electron chi connectivity index (χ0n) is 12.0. The van der Waals surface area contributed by atoms with Gasteiger partial charge < -0.3 is 5.32 Å². The average molecular weight is 296 g/mol. The molecule has 3 aromatic rings. The molecule has 0 bridgehead atoms. The summed E-state index contributed by atoms with van der Waals surface area (Å²) in [7, 11) is 0. The van der Waals surface area contributed by atoms with Gasteiger partial charge in [-0.25, -0.2) is 9.97 Å². The van der Waals surface area contributed by atoms with Crippen LogP contribution in [0.5, 0.6) is 0 Å². The molecule has 106 valence electrons. The minimum atomic E-state index is 0.827. The van der Waals surface area contributed by atoms with E-state index in [1.807, 2.05) is 36.7 Å². The molecule has 0 aliphatic rings. The summed E-state index contributed by atoms with van der Waals surface area (Å²) in [5.41, 5.74) is 4.11. The van der Waals surface area contributed by atoms with Crippen LogP contribution in [0.4, 0.5) is 10.9 Å². The van der Waals surface area contributed by atoms with E-state index in [4.69, 9.17) is 0 Å². The Balaban J connectivity index is 1.81. The molecule has 0 aromatic carbocycles. The zero-order valence-corrected chi connectivity index (χ0v) is 12.8. The van der Waals surface area contributed by atoms with Crippen molar-refractivity contribution in [1.82, 2.24) is 15.0 Å². The van der Waals surface area contributed by atoms with E-state index in [2.05, 4.69) is 33.3 Å². The Kier molecular flexibility index (Phi) is 3.92. The number of nitrogens with zero attached hydrogens (tertiary/aromatic N) is 3. The fourth-order valence-corrected chi connectivity index (χ4v) is 2.66. The smallest absolute Gasteiger partial charge is 0.188 e. The lowest BCUT2D eigenvalue weighted by Gasteiger charge is -2.04. The molecule has 21 heavy (non-hydrogen) atoms. The first-order chi connectivity index (χ1) is 10.3. The van der Waals surface area contributed by atoms with Crippen LogP contribution in [0.3, 0.4) is 0 Å². The predicted octanol–water partition coefficient (Wildman–Crippen LogP) is 4.21. The van der Waals surface area contributed by atoms with Gasteiger partial charge in [0.2, 0.25) is 0 Å². The number of nitrogens with one attached hydrogen (secondary N) is 1. The molecule has 3 heterocycles. The van der Waals surface area contributed by atoms with Crippen molar-refractivity contribution in [2.24, 2.45) is 0 Å². The second-order valence-electron chi connectivity index (χ2n) is 4.74. The SMILES string of the molecule is CCc1ccc(-c2csc(Nc3ncccc3C)n2)nc1. The molecule has 0 radical (unpaired) electrons. The monoisotopic (exact) mass is 296 g/mol. The van der Waals surface area contributed by atoms with Crippen molar-refractivity contribution >= 4 is 22.3 Å². The summed E-state index contributed by atoms with van der Waals surface area (Å²) in [6.07, 6.45) is 4.68. The third kappa shape index (κ3) is 3.08. The van der Waals surface area contributed by atoms with Crippen molar-refractivity contribution in [3.05, 3.63) is 53.2 Å². The van der Waals surface area contributed by atoms with Crippen molar-refractivity contribution in [3.8, 4) is 11.4 Å². The zero-order chi connectivity index (χ0) is 14.7. The predicted molar refractivity (Wildman–Crippen MR) is 87.0 cm³/mol. The maximum atomic E-state index is 4.58. The Hall–Kier alpha value is -2.27. The molecular weight excluding hydrogens is 280 g/mol. The Morgan fingerprint density at radius 1 is 1.14 bits per heavy atom. The van der Waals surface area contributed by atoms with Crippen LogP contribution in [0, 0.1) is 6.92 Å². The Labute approximate surface area is 127 Å². The lowest BCUT2D eigenvalue weighted by atomic mass is 10.2. The van der Waals surface area contributed by atoms with Gasteiger partial charge in [0.25, 0.3) is 0 Å². The fourth-order valence-electron chi connectivity index (χ4n) is 1.95. The van der Waals surface area contributed by atoms with E-state index in [9.17, 15) is 0 Å². The molecule has 4 nitrogen and oxygen atoms in total. The second kappa shape index (κ2) is 6.01. The van der Waals surface area contributed by atoms with E-state index in [1.54, 1.807) is 17.5 Å². The molecule has 3 rings (SSSR count). The van der Waals surface area contributed by atoms with E-state index in [1.165, 1.54) is 5.56 Å². The van der Waals surface area contributed by atoms with Crippen LogP contribution in [0.15, 0.2) is 42.0 Å². The summed E-state index contributed by atoms with van der Waals surface area (Å²) in [6, 6.07) is 8.06. The van der Waals surface area contributed by atoms with Crippen molar-refractivity contribution in [3.63, 3.8) is 0 Å². The first kappa shape index (κ1) is 13.7. The minimum Gasteiger partial charge on any atom is -0.316 e. The number of hydrogen-bond donors (Lipinski definition) is 1. The van der Waals surface area contributed by atoms with Gasteiger partial charge in [-0.15, -0.1) is 11.3 Å². The number of rotatable bonds is 4. The molecule has 0 amide bonds. The third-order valence-corrected chi connectivity index (χ3v) is 3.99. The molecule has 0 aliphatic heterocycles. The highest BCUT2D eigenvalue weighted by molar-refractivity contribution is 7.14. The fraction of sp³-hybridized carbons (Fsp3) is 0.188. The van der Waals surface area contributed by atoms with E-state index >= 15 is 0 Å². The van der Waals surface area contributed by atoms with Gasteiger partial charge in [-0.1, -0.05) is 19.1 Å². The van der Waals surface area contributed by atoms with Gasteiger partial charge in [0.05, 0.1) is 5.69 Å². The second-order valence-corrected chi connectivity index (χ2v) is 5.60. The van der Waals surface area contributed by atoms with Gasteiger partial charge in [-0.3, -0.25) is 4.98 Å². The number of pyridine rings is 2. The van der Waals surface area contributed by atoms with Gasteiger partial charge in [-0.05, 0) is 36.6 Å². The summed E-state index contributed by atoms with van der Waals surface area (Å²) in [5.74, 6) is 0.840. The molecule has 0 spiro atoms. The minimum absolute atomic E-state index is 0.827. The Bertz CT molecular complexity index is 734. The summed E-state index contributed by atoms with van der Waals surface area (Å²) in [4.78, 5) is 13.4. The van der Waals surface area contributed by atoms with Crippen LogP contribution in [-0.2, 0) is 6.42 Å². The van der Waals surface area contributed by atoms with E-state index in [0.717, 1.165) is 34.3 Å². The molecule has 0 saturated carbocycles. The van der Waals surface area contributed by atoms with Crippen molar-refractivity contribution in [2.45, 2.75) is 20.3 Å². The lowest BCUT2D eigenvalue weighted by molar-refractivity contribution is 1.10. The van der Waals surface area contributed by atoms with Gasteiger partial charge >= 0.3 is 0 Å². The quantitative estimate of drug-likeness (QED) is 0.783. The Morgan fingerprint density at radius 3 is 2.76 bits per heavy atom. The van der Waals surface area contributed by atoms with Crippen LogP contribution in [0.1, 0.15) is 18.1 Å². The largest absolute Gasteiger partial charge is 0.316 e. The number of aryl methyl sites for hydroxylation is 2. The summed E-state index contributed by atoms with van der Waals surface area (Å²) in [5, 5.41) is 6.09. The van der Waals surface area contributed by atoms with Crippen LogP contribution in [0.25, 0.3) is 11.4 Å². The molecular formula is C16H16N4S. The van der Waals surface area contributed by atoms with Crippen LogP contribution in [-0.4, -0.2) is 15.0 Å². The Morgan fingerprint density at radius 2 is 2.05 bits per heavy atom. The van der Waals surface area contributed by atoms with E-state index < -0.39 is 0 Å². The van der Waals surface area contributed by atoms with Gasteiger partial charge in [0.1, 0.15) is 11.5 Å². The van der Waals surface area contributed by atoms with E-state index in [-0.39, 0.29) is 0 Å². The van der Waals surface area contributed by atoms with Crippen molar-refractivity contribution < 1.29 is 0 Å². The summed E-state index contributed by atoms with van der Waals surface area (Å²) < 4.78 is 0. The van der Waals surface area contributed by atoms with Gasteiger partial charge in [-0.2, -0.15) is 0 Å². The van der Waals surface area contributed by atoms with E-state index in [0.29, 0.717) is 0 Å². The highest BCUT2D eigenvalue weighted by atomic mass is 32.1. The third-order valence-electron chi connectivity index (χ3n) is 3.23. The van der Waals surface area contributed by atoms with Crippen LogP contribution < -0.4 is 5.32 Å². The highest BCUT2D eigenvalue weighted by Gasteiger charge is 2.07. The molecule has 0 atom stereocenters. The number of anilines is 2. The standard InChI is InChI=1S/C16H16N4S/c1-3-12-6-7-13(18-9-12)14-10-21-16(19-14)20-15-11(2)5-4-8-17-15/h4-10H,3H2,1-2H3,(H,17,19,20). The molecule has 3 aromatic heterocycles. The molecule has 5 heteroatoms. The maximum Gasteiger partial charge on any atom is 0.188 e. The first-order valence-electron chi connectivity index (χ1n) is 6.85. The summed E-state index contributed by atoms with van der Waals surface area (Å²) in [6.45, 7) is 4.14. The van der Waals surface area contributed by atoms with Gasteiger partial charge in [0.15, 0.2) is 5.13 Å². The van der Waals surface area contributed by atoms with Crippen molar-refractivity contribution in [2.75, 3.05) is 5.32 Å². The molecule has 0 unspecified atom stereocenters. The molecule has 0 saturated heterocycles. The molecule has 0 aliphatic carbocycles. The molecule has 1 N–H and O–H groups in total. The van der Waals surface area contributed by atoms with Gasteiger partial charge in [0, 0.05) is 17.8 Å². The highest BCUT2D eigenvalue weighted by Crippen LogP contribution is 2.26. The molecule has 0 fully saturated rings. The first-order valence-corrected chi connectivity index (χ1v) is 7.73. The van der Waals surface area contributed by atoms with Crippen LogP contribution in [0.2, 0.25) is 0 Å². The topological polar surface area (TPSA) is 50.7 Å². The normalized spacial score (nSPS) is 10.6. The number of thiazole rings is 1. The number of hydrogen-bond acceptors (Lipinski definition) is 5. The number of aromatic nitrogens is 3. The summed E-state index contributed by atoms with van der Waals surface area (Å²) >= 11 is 1.56. The lowest BCUT2D eigenvalue weighted by Crippen LogP contribution is -1.95. The maximum absolute atomic E-state index is 4.58. The average Bonchev–Trinajstić information content (AvgIpc) is 2.98. The van der Waals surface area contributed by atoms with Crippen molar-refractivity contribution in [1.29, 1.82) is 0 Å².